The van der Waals surface area contributed by atoms with E-state index in [0.717, 1.165) is 22.6 Å². The molecular weight excluding hydrogens is 408 g/mol. The smallest absolute Gasteiger partial charge is 0.240 e. The van der Waals surface area contributed by atoms with Crippen molar-refractivity contribution in [1.82, 2.24) is 4.72 Å². The van der Waals surface area contributed by atoms with Gasteiger partial charge in [0.2, 0.25) is 15.9 Å². The number of carbonyl (C=O) groups is 1. The number of sulfonamides is 1. The van der Waals surface area contributed by atoms with E-state index < -0.39 is 10.0 Å². The zero-order chi connectivity index (χ0) is 21.4. The number of aryl methyl sites for hydroxylation is 1. The highest BCUT2D eigenvalue weighted by Gasteiger charge is 2.17. The molecule has 0 radical (unpaired) electrons. The Bertz CT molecular complexity index is 943. The third kappa shape index (κ3) is 6.76. The first-order valence-corrected chi connectivity index (χ1v) is 12.1. The van der Waals surface area contributed by atoms with E-state index in [2.05, 4.69) is 10.0 Å². The average Bonchev–Trinajstić information content (AvgIpc) is 2.71. The van der Waals surface area contributed by atoms with Crippen LogP contribution in [0.2, 0.25) is 0 Å². The second-order valence-corrected chi connectivity index (χ2v) is 9.47. The van der Waals surface area contributed by atoms with Gasteiger partial charge in [0, 0.05) is 17.4 Å². The van der Waals surface area contributed by atoms with Crippen LogP contribution in [0.4, 0.5) is 5.69 Å². The molecule has 2 aromatic carbocycles. The first-order chi connectivity index (χ1) is 13.8. The first kappa shape index (κ1) is 23.3. The molecule has 2 N–H and O–H groups in total. The van der Waals surface area contributed by atoms with Gasteiger partial charge in [-0.05, 0) is 55.0 Å². The number of amides is 1. The van der Waals surface area contributed by atoms with Crippen LogP contribution in [-0.4, -0.2) is 34.2 Å². The molecule has 6 nitrogen and oxygen atoms in total. The molecule has 0 heterocycles. The van der Waals surface area contributed by atoms with Crippen LogP contribution >= 0.6 is 11.8 Å². The molecule has 0 saturated carbocycles. The zero-order valence-electron chi connectivity index (χ0n) is 17.2. The molecule has 2 aromatic rings. The molecule has 0 aliphatic carbocycles. The van der Waals surface area contributed by atoms with E-state index in [9.17, 15) is 13.2 Å². The summed E-state index contributed by atoms with van der Waals surface area (Å²) in [6.07, 6.45) is 3.28. The minimum absolute atomic E-state index is 0.135. The predicted octanol–water partition coefficient (Wildman–Crippen LogP) is 3.92. The summed E-state index contributed by atoms with van der Waals surface area (Å²) in [6, 6.07) is 12.5. The van der Waals surface area contributed by atoms with E-state index in [-0.39, 0.29) is 16.7 Å². The Balaban J connectivity index is 2.03. The number of rotatable bonds is 10. The number of ether oxygens (including phenoxy) is 1. The van der Waals surface area contributed by atoms with Crippen molar-refractivity contribution in [2.75, 3.05) is 25.2 Å². The lowest BCUT2D eigenvalue weighted by atomic mass is 10.1. The van der Waals surface area contributed by atoms with E-state index in [1.807, 2.05) is 30.5 Å². The zero-order valence-corrected chi connectivity index (χ0v) is 18.8. The highest BCUT2D eigenvalue weighted by Crippen LogP contribution is 2.28. The highest BCUT2D eigenvalue weighted by molar-refractivity contribution is 7.98. The van der Waals surface area contributed by atoms with Gasteiger partial charge in [-0.1, -0.05) is 26.0 Å². The van der Waals surface area contributed by atoms with Gasteiger partial charge in [-0.3, -0.25) is 4.79 Å². The number of methoxy groups -OCH3 is 1. The van der Waals surface area contributed by atoms with Crippen molar-refractivity contribution in [2.24, 2.45) is 5.92 Å². The van der Waals surface area contributed by atoms with Crippen molar-refractivity contribution >= 4 is 33.4 Å². The van der Waals surface area contributed by atoms with E-state index >= 15 is 0 Å². The van der Waals surface area contributed by atoms with Gasteiger partial charge in [0.05, 0.1) is 17.7 Å². The van der Waals surface area contributed by atoms with Crippen LogP contribution in [0.25, 0.3) is 0 Å². The van der Waals surface area contributed by atoms with Crippen molar-refractivity contribution in [3.05, 3.63) is 48.0 Å². The van der Waals surface area contributed by atoms with E-state index in [4.69, 9.17) is 4.74 Å². The fraction of sp³-hybridized carbons (Fsp3) is 0.381. The summed E-state index contributed by atoms with van der Waals surface area (Å²) in [7, 11) is -2.05. The molecule has 0 bridgehead atoms. The van der Waals surface area contributed by atoms with Gasteiger partial charge >= 0.3 is 0 Å². The summed E-state index contributed by atoms with van der Waals surface area (Å²) in [5.41, 5.74) is 1.60. The van der Waals surface area contributed by atoms with E-state index in [1.54, 1.807) is 33.1 Å². The fourth-order valence-corrected chi connectivity index (χ4v) is 4.27. The molecule has 0 unspecified atom stereocenters. The average molecular weight is 437 g/mol. The van der Waals surface area contributed by atoms with Gasteiger partial charge < -0.3 is 10.1 Å². The Hall–Kier alpha value is -2.03. The number of nitrogens with one attached hydrogen (secondary N) is 2. The second kappa shape index (κ2) is 10.7. The maximum atomic E-state index is 12.7. The number of hydrogen-bond donors (Lipinski definition) is 2. The summed E-state index contributed by atoms with van der Waals surface area (Å²) in [5, 5.41) is 2.81. The molecule has 0 spiro atoms. The Morgan fingerprint density at radius 3 is 2.59 bits per heavy atom. The summed E-state index contributed by atoms with van der Waals surface area (Å²) in [6.45, 7) is 3.90. The van der Waals surface area contributed by atoms with Crippen LogP contribution < -0.4 is 14.8 Å². The molecular formula is C21H28N2O4S2. The number of thioether (sulfide) groups is 1. The number of anilines is 1. The molecule has 29 heavy (non-hydrogen) atoms. The second-order valence-electron chi connectivity index (χ2n) is 6.86. The van der Waals surface area contributed by atoms with E-state index in [0.29, 0.717) is 18.7 Å². The molecule has 0 aromatic heterocycles. The van der Waals surface area contributed by atoms with Crippen molar-refractivity contribution in [2.45, 2.75) is 36.5 Å². The standard InChI is InChI=1S/C21H28N2O4S2/c1-15(2)21(24)23-19-14-18(10-11-20(19)28-4)29(25,26)22-12-6-8-16-7-5-9-17(13-16)27-3/h5,7,9-11,13-15,22H,6,8,12H2,1-4H3,(H,23,24). The molecule has 0 atom stereocenters. The SMILES string of the molecule is COc1cccc(CCCNS(=O)(=O)c2ccc(SC)c(NC(=O)C(C)C)c2)c1. The number of hydrogen-bond acceptors (Lipinski definition) is 5. The van der Waals surface area contributed by atoms with Gasteiger partial charge in [0.25, 0.3) is 0 Å². The molecule has 0 fully saturated rings. The van der Waals surface area contributed by atoms with Crippen LogP contribution in [-0.2, 0) is 21.2 Å². The van der Waals surface area contributed by atoms with Gasteiger partial charge in [0.1, 0.15) is 5.75 Å². The lowest BCUT2D eigenvalue weighted by Gasteiger charge is -2.14. The monoisotopic (exact) mass is 436 g/mol. The third-order valence-corrected chi connectivity index (χ3v) is 6.59. The fourth-order valence-electron chi connectivity index (χ4n) is 2.64. The van der Waals surface area contributed by atoms with Crippen molar-refractivity contribution < 1.29 is 17.9 Å². The Labute approximate surface area is 177 Å². The molecule has 0 aliphatic rings. The predicted molar refractivity (Wildman–Crippen MR) is 118 cm³/mol. The maximum absolute atomic E-state index is 12.7. The minimum Gasteiger partial charge on any atom is -0.497 e. The maximum Gasteiger partial charge on any atom is 0.240 e. The third-order valence-electron chi connectivity index (χ3n) is 4.33. The normalized spacial score (nSPS) is 11.5. The van der Waals surface area contributed by atoms with Crippen molar-refractivity contribution in [3.8, 4) is 5.75 Å². The Morgan fingerprint density at radius 1 is 1.17 bits per heavy atom. The van der Waals surface area contributed by atoms with Gasteiger partial charge in [-0.2, -0.15) is 0 Å². The molecule has 158 valence electrons. The molecule has 8 heteroatoms. The van der Waals surface area contributed by atoms with Gasteiger partial charge in [0.15, 0.2) is 0 Å². The first-order valence-electron chi connectivity index (χ1n) is 9.38. The van der Waals surface area contributed by atoms with Gasteiger partial charge in [-0.25, -0.2) is 13.1 Å². The van der Waals surface area contributed by atoms with Crippen molar-refractivity contribution in [3.63, 3.8) is 0 Å². The lowest BCUT2D eigenvalue weighted by molar-refractivity contribution is -0.118. The summed E-state index contributed by atoms with van der Waals surface area (Å²) >= 11 is 1.45. The van der Waals surface area contributed by atoms with Crippen LogP contribution in [0.15, 0.2) is 52.3 Å². The van der Waals surface area contributed by atoms with Gasteiger partial charge in [-0.15, -0.1) is 11.8 Å². The van der Waals surface area contributed by atoms with Crippen molar-refractivity contribution in [1.29, 1.82) is 0 Å². The molecule has 0 saturated heterocycles. The Kier molecular flexibility index (Phi) is 8.55. The highest BCUT2D eigenvalue weighted by atomic mass is 32.2. The van der Waals surface area contributed by atoms with Crippen LogP contribution in [0.1, 0.15) is 25.8 Å². The van der Waals surface area contributed by atoms with Crippen LogP contribution in [0.3, 0.4) is 0 Å². The summed E-state index contributed by atoms with van der Waals surface area (Å²) in [4.78, 5) is 13.0. The van der Waals surface area contributed by atoms with Crippen LogP contribution in [0.5, 0.6) is 5.75 Å². The molecule has 2 rings (SSSR count). The summed E-state index contributed by atoms with van der Waals surface area (Å²) in [5.74, 6) is 0.439. The van der Waals surface area contributed by atoms with Crippen LogP contribution in [0, 0.1) is 5.92 Å². The quantitative estimate of drug-likeness (QED) is 0.436. The van der Waals surface area contributed by atoms with E-state index in [1.165, 1.54) is 17.8 Å². The minimum atomic E-state index is -3.67. The molecule has 1 amide bonds. The Morgan fingerprint density at radius 2 is 1.93 bits per heavy atom. The number of benzene rings is 2. The molecule has 0 aliphatic heterocycles. The summed E-state index contributed by atoms with van der Waals surface area (Å²) < 4.78 is 33.2. The largest absolute Gasteiger partial charge is 0.497 e. The number of carbonyl (C=O) groups excluding carboxylic acids is 1. The lowest BCUT2D eigenvalue weighted by Crippen LogP contribution is -2.25. The topological polar surface area (TPSA) is 84.5 Å².